The molecule has 16 heavy (non-hydrogen) atoms. The Morgan fingerprint density at radius 3 is 2.88 bits per heavy atom. The fraction of sp³-hybridized carbons (Fsp3) is 0.400. The molecule has 0 aromatic carbocycles. The Bertz CT molecular complexity index is 426. The highest BCUT2D eigenvalue weighted by Gasteiger charge is 2.27. The molecular weight excluding hydrogens is 212 g/mol. The highest BCUT2D eigenvalue weighted by atomic mass is 16.4. The molecular formula is C10H12N2O4. The maximum atomic E-state index is 11.6. The van der Waals surface area contributed by atoms with Crippen molar-refractivity contribution in [3.8, 4) is 0 Å². The van der Waals surface area contributed by atoms with Gasteiger partial charge in [0.2, 0.25) is 0 Å². The maximum absolute atomic E-state index is 11.6. The Labute approximate surface area is 92.0 Å². The lowest BCUT2D eigenvalue weighted by Crippen LogP contribution is -2.29. The Kier molecular flexibility index (Phi) is 2.55. The highest BCUT2D eigenvalue weighted by molar-refractivity contribution is 5.88. The van der Waals surface area contributed by atoms with Crippen LogP contribution in [0.5, 0.6) is 0 Å². The van der Waals surface area contributed by atoms with Gasteiger partial charge >= 0.3 is 12.0 Å². The second kappa shape index (κ2) is 3.88. The third-order valence-corrected chi connectivity index (χ3v) is 2.61. The third kappa shape index (κ3) is 1.73. The van der Waals surface area contributed by atoms with Gasteiger partial charge in [0, 0.05) is 20.1 Å². The van der Waals surface area contributed by atoms with Gasteiger partial charge in [-0.25, -0.2) is 9.59 Å². The molecule has 1 aromatic rings. The van der Waals surface area contributed by atoms with Gasteiger partial charge in [0.05, 0.1) is 12.8 Å². The van der Waals surface area contributed by atoms with E-state index in [1.807, 2.05) is 0 Å². The van der Waals surface area contributed by atoms with Crippen molar-refractivity contribution in [2.24, 2.45) is 0 Å². The first-order chi connectivity index (χ1) is 7.59. The number of urea groups is 1. The molecule has 1 aromatic heterocycles. The van der Waals surface area contributed by atoms with Gasteiger partial charge in [-0.3, -0.25) is 0 Å². The summed E-state index contributed by atoms with van der Waals surface area (Å²) in [7, 11) is 1.71. The van der Waals surface area contributed by atoms with E-state index in [4.69, 9.17) is 9.52 Å². The van der Waals surface area contributed by atoms with Crippen LogP contribution in [0.4, 0.5) is 4.79 Å². The number of hydrogen-bond acceptors (Lipinski definition) is 3. The van der Waals surface area contributed by atoms with Crippen molar-refractivity contribution in [3.05, 3.63) is 23.7 Å². The standard InChI is InChI=1S/C10H12N2O4/c1-11-3-4-12(10(11)15)6-8-7(9(13)14)2-5-16-8/h2,5H,3-4,6H2,1H3,(H,13,14). The SMILES string of the molecule is CN1CCN(Cc2occc2C(=O)O)C1=O. The summed E-state index contributed by atoms with van der Waals surface area (Å²) < 4.78 is 5.08. The molecule has 1 aliphatic rings. The molecule has 0 spiro atoms. The molecule has 1 aliphatic heterocycles. The van der Waals surface area contributed by atoms with Gasteiger partial charge in [-0.2, -0.15) is 0 Å². The smallest absolute Gasteiger partial charge is 0.339 e. The second-order valence-corrected chi connectivity index (χ2v) is 3.69. The van der Waals surface area contributed by atoms with Crippen LogP contribution in [-0.4, -0.2) is 47.0 Å². The van der Waals surface area contributed by atoms with Crippen LogP contribution in [0, 0.1) is 0 Å². The molecule has 1 saturated heterocycles. The summed E-state index contributed by atoms with van der Waals surface area (Å²) in [5.74, 6) is -0.722. The summed E-state index contributed by atoms with van der Waals surface area (Å²) in [4.78, 5) is 25.6. The number of carbonyl (C=O) groups excluding carboxylic acids is 1. The third-order valence-electron chi connectivity index (χ3n) is 2.61. The largest absolute Gasteiger partial charge is 0.478 e. The average molecular weight is 224 g/mol. The Morgan fingerprint density at radius 2 is 2.31 bits per heavy atom. The zero-order valence-corrected chi connectivity index (χ0v) is 8.84. The van der Waals surface area contributed by atoms with Gasteiger partial charge < -0.3 is 19.3 Å². The average Bonchev–Trinajstić information content (AvgIpc) is 2.80. The van der Waals surface area contributed by atoms with E-state index < -0.39 is 5.97 Å². The molecule has 6 nitrogen and oxygen atoms in total. The minimum absolute atomic E-state index is 0.104. The van der Waals surface area contributed by atoms with Crippen molar-refractivity contribution >= 4 is 12.0 Å². The lowest BCUT2D eigenvalue weighted by atomic mass is 10.2. The minimum atomic E-state index is -1.04. The molecule has 6 heteroatoms. The van der Waals surface area contributed by atoms with Gasteiger partial charge in [0.1, 0.15) is 11.3 Å². The van der Waals surface area contributed by atoms with E-state index in [0.29, 0.717) is 18.8 Å². The normalized spacial score (nSPS) is 15.9. The van der Waals surface area contributed by atoms with Crippen LogP contribution in [-0.2, 0) is 6.54 Å². The fourth-order valence-electron chi connectivity index (χ4n) is 1.68. The van der Waals surface area contributed by atoms with Crippen molar-refractivity contribution in [2.45, 2.75) is 6.54 Å². The molecule has 0 atom stereocenters. The predicted octanol–water partition coefficient (Wildman–Crippen LogP) is 0.845. The van der Waals surface area contributed by atoms with E-state index in [-0.39, 0.29) is 18.1 Å². The number of nitrogens with zero attached hydrogens (tertiary/aromatic N) is 2. The first-order valence-corrected chi connectivity index (χ1v) is 4.89. The van der Waals surface area contributed by atoms with E-state index in [0.717, 1.165) is 0 Å². The van der Waals surface area contributed by atoms with Crippen LogP contribution in [0.1, 0.15) is 16.1 Å². The number of furan rings is 1. The topological polar surface area (TPSA) is 74.0 Å². The molecule has 0 bridgehead atoms. The van der Waals surface area contributed by atoms with E-state index in [1.165, 1.54) is 12.3 Å². The maximum Gasteiger partial charge on any atom is 0.339 e. The second-order valence-electron chi connectivity index (χ2n) is 3.69. The lowest BCUT2D eigenvalue weighted by Gasteiger charge is -2.14. The molecule has 1 N–H and O–H groups in total. The van der Waals surface area contributed by atoms with Gasteiger partial charge in [-0.05, 0) is 6.07 Å². The number of aromatic carboxylic acids is 1. The molecule has 2 heterocycles. The van der Waals surface area contributed by atoms with Gasteiger partial charge in [-0.1, -0.05) is 0 Å². The monoisotopic (exact) mass is 224 g/mol. The van der Waals surface area contributed by atoms with E-state index >= 15 is 0 Å². The Morgan fingerprint density at radius 1 is 1.56 bits per heavy atom. The first-order valence-electron chi connectivity index (χ1n) is 4.89. The Hall–Kier alpha value is -1.98. The van der Waals surface area contributed by atoms with Crippen molar-refractivity contribution in [1.82, 2.24) is 9.80 Å². The summed E-state index contributed by atoms with van der Waals surface area (Å²) in [5, 5.41) is 8.87. The molecule has 2 rings (SSSR count). The van der Waals surface area contributed by atoms with Crippen LogP contribution < -0.4 is 0 Å². The van der Waals surface area contributed by atoms with Gasteiger partial charge in [-0.15, -0.1) is 0 Å². The zero-order valence-electron chi connectivity index (χ0n) is 8.84. The fourth-order valence-corrected chi connectivity index (χ4v) is 1.68. The van der Waals surface area contributed by atoms with Crippen LogP contribution in [0.3, 0.4) is 0 Å². The quantitative estimate of drug-likeness (QED) is 0.825. The number of carbonyl (C=O) groups is 2. The molecule has 0 saturated carbocycles. The molecule has 1 fully saturated rings. The summed E-state index contributed by atoms with van der Waals surface area (Å²) >= 11 is 0. The van der Waals surface area contributed by atoms with E-state index in [9.17, 15) is 9.59 Å². The number of hydrogen-bond donors (Lipinski definition) is 1. The molecule has 2 amide bonds. The highest BCUT2D eigenvalue weighted by Crippen LogP contribution is 2.16. The zero-order chi connectivity index (χ0) is 11.7. The van der Waals surface area contributed by atoms with Crippen molar-refractivity contribution < 1.29 is 19.1 Å². The van der Waals surface area contributed by atoms with Crippen molar-refractivity contribution in [1.29, 1.82) is 0 Å². The van der Waals surface area contributed by atoms with E-state index in [2.05, 4.69) is 0 Å². The molecule has 0 radical (unpaired) electrons. The minimum Gasteiger partial charge on any atom is -0.478 e. The van der Waals surface area contributed by atoms with Gasteiger partial charge in [0.15, 0.2) is 0 Å². The number of carboxylic acids is 1. The molecule has 86 valence electrons. The number of rotatable bonds is 3. The van der Waals surface area contributed by atoms with Crippen LogP contribution in [0.25, 0.3) is 0 Å². The molecule has 0 unspecified atom stereocenters. The number of likely N-dealkylation sites (N-methyl/N-ethyl adjacent to an activating group) is 1. The van der Waals surface area contributed by atoms with Crippen molar-refractivity contribution in [3.63, 3.8) is 0 Å². The van der Waals surface area contributed by atoms with Crippen LogP contribution in [0.2, 0.25) is 0 Å². The van der Waals surface area contributed by atoms with Crippen LogP contribution >= 0.6 is 0 Å². The first kappa shape index (κ1) is 10.5. The summed E-state index contributed by atoms with van der Waals surface area (Å²) in [6.45, 7) is 1.45. The van der Waals surface area contributed by atoms with Crippen LogP contribution in [0.15, 0.2) is 16.7 Å². The van der Waals surface area contributed by atoms with Gasteiger partial charge in [0.25, 0.3) is 0 Å². The summed E-state index contributed by atoms with van der Waals surface area (Å²) in [5.41, 5.74) is 0.113. The lowest BCUT2D eigenvalue weighted by molar-refractivity contribution is 0.0693. The van der Waals surface area contributed by atoms with Crippen molar-refractivity contribution in [2.75, 3.05) is 20.1 Å². The number of amides is 2. The predicted molar refractivity (Wildman–Crippen MR) is 54.1 cm³/mol. The summed E-state index contributed by atoms with van der Waals surface area (Å²) in [6.07, 6.45) is 1.32. The van der Waals surface area contributed by atoms with E-state index in [1.54, 1.807) is 16.8 Å². The summed E-state index contributed by atoms with van der Waals surface area (Å²) in [6, 6.07) is 1.29. The number of carboxylic acid groups (broad SMARTS) is 1. The Balaban J connectivity index is 2.12. The molecule has 0 aliphatic carbocycles.